The molecule has 3 aromatic rings. The van der Waals surface area contributed by atoms with Gasteiger partial charge in [-0.05, 0) is 42.6 Å². The Balaban J connectivity index is 1.83. The minimum atomic E-state index is -1.11. The lowest BCUT2D eigenvalue weighted by atomic mass is 10.0. The van der Waals surface area contributed by atoms with E-state index in [1.54, 1.807) is 31.3 Å². The Kier molecular flexibility index (Phi) is 4.35. The first kappa shape index (κ1) is 15.9. The van der Waals surface area contributed by atoms with Crippen LogP contribution in [0.5, 0.6) is 0 Å². The third kappa shape index (κ3) is 3.22. The third-order valence-electron chi connectivity index (χ3n) is 3.61. The SMILES string of the molecule is CC(O)(CNC(=O)c1ccc(Cl)c2cccnc12)c1cccs1. The van der Waals surface area contributed by atoms with Gasteiger partial charge in [0.15, 0.2) is 0 Å². The van der Waals surface area contributed by atoms with Crippen molar-refractivity contribution in [3.8, 4) is 0 Å². The Morgan fingerprint density at radius 2 is 2.17 bits per heavy atom. The van der Waals surface area contributed by atoms with E-state index >= 15 is 0 Å². The van der Waals surface area contributed by atoms with Crippen LogP contribution in [0.1, 0.15) is 22.2 Å². The summed E-state index contributed by atoms with van der Waals surface area (Å²) in [5.74, 6) is -0.290. The van der Waals surface area contributed by atoms with Crippen LogP contribution in [0.4, 0.5) is 0 Å². The van der Waals surface area contributed by atoms with Gasteiger partial charge in [0, 0.05) is 16.5 Å². The van der Waals surface area contributed by atoms with Crippen molar-refractivity contribution >= 4 is 39.7 Å². The summed E-state index contributed by atoms with van der Waals surface area (Å²) in [6.07, 6.45) is 1.62. The molecule has 0 saturated heterocycles. The van der Waals surface area contributed by atoms with Gasteiger partial charge >= 0.3 is 0 Å². The molecule has 1 aromatic carbocycles. The molecular formula is C17H15ClN2O2S. The second-order valence-electron chi connectivity index (χ2n) is 5.43. The molecule has 0 aliphatic heterocycles. The van der Waals surface area contributed by atoms with E-state index in [2.05, 4.69) is 10.3 Å². The molecule has 0 aliphatic rings. The molecule has 1 unspecified atom stereocenters. The molecule has 23 heavy (non-hydrogen) atoms. The van der Waals surface area contributed by atoms with Gasteiger partial charge in [-0.15, -0.1) is 11.3 Å². The number of thiophene rings is 1. The second kappa shape index (κ2) is 6.28. The molecule has 0 aliphatic carbocycles. The average molecular weight is 347 g/mol. The van der Waals surface area contributed by atoms with Crippen molar-refractivity contribution in [2.75, 3.05) is 6.54 Å². The molecule has 0 spiro atoms. The minimum Gasteiger partial charge on any atom is -0.383 e. The predicted octanol–water partition coefficient (Wildman–Crippen LogP) is 3.59. The number of hydrogen-bond donors (Lipinski definition) is 2. The van der Waals surface area contributed by atoms with Crippen LogP contribution in [-0.4, -0.2) is 22.5 Å². The van der Waals surface area contributed by atoms with E-state index in [1.807, 2.05) is 23.6 Å². The second-order valence-corrected chi connectivity index (χ2v) is 6.78. The molecule has 6 heteroatoms. The van der Waals surface area contributed by atoms with E-state index in [4.69, 9.17) is 11.6 Å². The highest BCUT2D eigenvalue weighted by Gasteiger charge is 2.25. The number of hydrogen-bond acceptors (Lipinski definition) is 4. The fraction of sp³-hybridized carbons (Fsp3) is 0.176. The lowest BCUT2D eigenvalue weighted by Crippen LogP contribution is -2.38. The maximum absolute atomic E-state index is 12.5. The number of aliphatic hydroxyl groups is 1. The lowest BCUT2D eigenvalue weighted by molar-refractivity contribution is 0.0557. The van der Waals surface area contributed by atoms with Gasteiger partial charge in [-0.3, -0.25) is 9.78 Å². The van der Waals surface area contributed by atoms with Gasteiger partial charge in [-0.1, -0.05) is 17.7 Å². The first-order valence-electron chi connectivity index (χ1n) is 7.07. The Morgan fingerprint density at radius 3 is 2.91 bits per heavy atom. The van der Waals surface area contributed by atoms with Gasteiger partial charge in [0.25, 0.3) is 5.91 Å². The highest BCUT2D eigenvalue weighted by atomic mass is 35.5. The molecule has 4 nitrogen and oxygen atoms in total. The van der Waals surface area contributed by atoms with Gasteiger partial charge in [0.05, 0.1) is 22.6 Å². The monoisotopic (exact) mass is 346 g/mol. The van der Waals surface area contributed by atoms with Crippen molar-refractivity contribution in [2.45, 2.75) is 12.5 Å². The minimum absolute atomic E-state index is 0.114. The summed E-state index contributed by atoms with van der Waals surface area (Å²) in [5.41, 5.74) is -0.125. The maximum atomic E-state index is 12.5. The maximum Gasteiger partial charge on any atom is 0.253 e. The highest BCUT2D eigenvalue weighted by Crippen LogP contribution is 2.26. The number of aromatic nitrogens is 1. The highest BCUT2D eigenvalue weighted by molar-refractivity contribution is 7.10. The fourth-order valence-corrected chi connectivity index (χ4v) is 3.34. The standard InChI is InChI=1S/C17H15ClN2O2S/c1-17(22,14-5-3-9-23-14)10-20-16(21)12-6-7-13(18)11-4-2-8-19-15(11)12/h2-9,22H,10H2,1H3,(H,20,21). The van der Waals surface area contributed by atoms with Crippen molar-refractivity contribution in [3.63, 3.8) is 0 Å². The van der Waals surface area contributed by atoms with Crippen molar-refractivity contribution < 1.29 is 9.90 Å². The number of benzene rings is 1. The molecule has 1 atom stereocenters. The smallest absolute Gasteiger partial charge is 0.253 e. The number of amides is 1. The summed E-state index contributed by atoms with van der Waals surface area (Å²) >= 11 is 7.59. The topological polar surface area (TPSA) is 62.2 Å². The number of carbonyl (C=O) groups is 1. The summed E-state index contributed by atoms with van der Waals surface area (Å²) < 4.78 is 0. The van der Waals surface area contributed by atoms with E-state index in [9.17, 15) is 9.90 Å². The summed E-state index contributed by atoms with van der Waals surface area (Å²) in [5, 5.41) is 16.4. The zero-order chi connectivity index (χ0) is 16.4. The molecule has 0 bridgehead atoms. The van der Waals surface area contributed by atoms with Crippen LogP contribution in [0.2, 0.25) is 5.02 Å². The number of fused-ring (bicyclic) bond motifs is 1. The normalized spacial score (nSPS) is 13.7. The van der Waals surface area contributed by atoms with Crippen LogP contribution in [0, 0.1) is 0 Å². The molecule has 0 radical (unpaired) electrons. The summed E-state index contributed by atoms with van der Waals surface area (Å²) in [6.45, 7) is 1.79. The summed E-state index contributed by atoms with van der Waals surface area (Å²) in [4.78, 5) is 17.5. The Morgan fingerprint density at radius 1 is 1.35 bits per heavy atom. The molecule has 2 aromatic heterocycles. The number of carbonyl (C=O) groups excluding carboxylic acids is 1. The molecule has 3 rings (SSSR count). The van der Waals surface area contributed by atoms with Crippen molar-refractivity contribution in [3.05, 3.63) is 63.4 Å². The number of nitrogens with one attached hydrogen (secondary N) is 1. The number of halogens is 1. The third-order valence-corrected chi connectivity index (χ3v) is 5.06. The van der Waals surface area contributed by atoms with Gasteiger partial charge < -0.3 is 10.4 Å². The van der Waals surface area contributed by atoms with Crippen molar-refractivity contribution in [2.24, 2.45) is 0 Å². The summed E-state index contributed by atoms with van der Waals surface area (Å²) in [7, 11) is 0. The molecule has 1 amide bonds. The van der Waals surface area contributed by atoms with Crippen LogP contribution in [0.3, 0.4) is 0 Å². The van der Waals surface area contributed by atoms with Crippen LogP contribution in [0.15, 0.2) is 48.0 Å². The lowest BCUT2D eigenvalue weighted by Gasteiger charge is -2.22. The number of nitrogens with zero attached hydrogens (tertiary/aromatic N) is 1. The van der Waals surface area contributed by atoms with Gasteiger partial charge in [0.1, 0.15) is 5.60 Å². The molecule has 0 saturated carbocycles. The molecule has 0 fully saturated rings. The van der Waals surface area contributed by atoms with Gasteiger partial charge in [-0.25, -0.2) is 0 Å². The zero-order valence-corrected chi connectivity index (χ0v) is 14.0. The van der Waals surface area contributed by atoms with Crippen LogP contribution >= 0.6 is 22.9 Å². The molecule has 2 heterocycles. The van der Waals surface area contributed by atoms with E-state index in [0.29, 0.717) is 16.1 Å². The van der Waals surface area contributed by atoms with Gasteiger partial charge in [0.2, 0.25) is 0 Å². The van der Waals surface area contributed by atoms with E-state index in [1.165, 1.54) is 11.3 Å². The first-order chi connectivity index (χ1) is 11.0. The van der Waals surface area contributed by atoms with Crippen molar-refractivity contribution in [1.29, 1.82) is 0 Å². The number of rotatable bonds is 4. The van der Waals surface area contributed by atoms with Gasteiger partial charge in [-0.2, -0.15) is 0 Å². The van der Waals surface area contributed by atoms with Crippen molar-refractivity contribution in [1.82, 2.24) is 10.3 Å². The predicted molar refractivity (Wildman–Crippen MR) is 93.0 cm³/mol. The Labute approximate surface area is 142 Å². The first-order valence-corrected chi connectivity index (χ1v) is 8.32. The summed E-state index contributed by atoms with van der Waals surface area (Å²) in [6, 6.07) is 10.6. The average Bonchev–Trinajstić information content (AvgIpc) is 3.09. The molecule has 118 valence electrons. The fourth-order valence-electron chi connectivity index (χ4n) is 2.34. The largest absolute Gasteiger partial charge is 0.383 e. The molecule has 2 N–H and O–H groups in total. The zero-order valence-electron chi connectivity index (χ0n) is 12.4. The van der Waals surface area contributed by atoms with Crippen LogP contribution in [0.25, 0.3) is 10.9 Å². The van der Waals surface area contributed by atoms with Crippen LogP contribution < -0.4 is 5.32 Å². The number of pyridine rings is 1. The van der Waals surface area contributed by atoms with Crippen LogP contribution in [-0.2, 0) is 5.60 Å². The Hall–Kier alpha value is -1.95. The van der Waals surface area contributed by atoms with E-state index < -0.39 is 5.60 Å². The Bertz CT molecular complexity index is 847. The van der Waals surface area contributed by atoms with E-state index in [0.717, 1.165) is 10.3 Å². The quantitative estimate of drug-likeness (QED) is 0.759. The van der Waals surface area contributed by atoms with E-state index in [-0.39, 0.29) is 12.5 Å². The molecular weight excluding hydrogens is 332 g/mol.